The molecule has 1 aromatic carbocycles. The van der Waals surface area contributed by atoms with Gasteiger partial charge in [-0.2, -0.15) is 18.3 Å². The van der Waals surface area contributed by atoms with E-state index in [1.807, 2.05) is 0 Å². The number of benzene rings is 1. The van der Waals surface area contributed by atoms with Crippen LogP contribution in [0, 0.1) is 0 Å². The van der Waals surface area contributed by atoms with E-state index in [-0.39, 0.29) is 24.0 Å². The summed E-state index contributed by atoms with van der Waals surface area (Å²) in [6, 6.07) is 5.31. The van der Waals surface area contributed by atoms with E-state index >= 15 is 0 Å². The van der Waals surface area contributed by atoms with Crippen molar-refractivity contribution in [1.82, 2.24) is 19.7 Å². The van der Waals surface area contributed by atoms with Crippen LogP contribution in [0.5, 0.6) is 0 Å². The number of aryl methyl sites for hydroxylation is 2. The smallest absolute Gasteiger partial charge is 0.343 e. The molecule has 0 spiro atoms. The van der Waals surface area contributed by atoms with E-state index in [4.69, 9.17) is 0 Å². The molecular formula is C14H11F3N4O. The molecule has 2 heterocycles. The lowest BCUT2D eigenvalue weighted by molar-refractivity contribution is -0.138. The molecule has 0 aliphatic carbocycles. The largest absolute Gasteiger partial charge is 0.416 e. The van der Waals surface area contributed by atoms with Crippen LogP contribution < -0.4 is 5.56 Å². The molecular weight excluding hydrogens is 297 g/mol. The molecule has 0 saturated carbocycles. The zero-order valence-corrected chi connectivity index (χ0v) is 11.3. The minimum atomic E-state index is -4.42. The number of H-pyrrole nitrogens is 1. The van der Waals surface area contributed by atoms with Crippen LogP contribution in [0.4, 0.5) is 13.2 Å². The van der Waals surface area contributed by atoms with Crippen LogP contribution >= 0.6 is 0 Å². The summed E-state index contributed by atoms with van der Waals surface area (Å²) in [5, 5.41) is 3.94. The van der Waals surface area contributed by atoms with Crippen molar-refractivity contribution in [1.29, 1.82) is 0 Å². The van der Waals surface area contributed by atoms with Gasteiger partial charge in [-0.25, -0.2) is 9.67 Å². The summed E-state index contributed by atoms with van der Waals surface area (Å²) >= 11 is 0. The van der Waals surface area contributed by atoms with Crippen LogP contribution in [-0.4, -0.2) is 19.7 Å². The van der Waals surface area contributed by atoms with E-state index in [0.717, 1.165) is 10.7 Å². The molecule has 3 aromatic rings. The maximum atomic E-state index is 12.9. The number of nitrogens with one attached hydrogen (secondary N) is 1. The topological polar surface area (TPSA) is 63.6 Å². The fraction of sp³-hybridized carbons (Fsp3) is 0.214. The number of nitrogens with zero attached hydrogens (tertiary/aromatic N) is 3. The van der Waals surface area contributed by atoms with Gasteiger partial charge in [0.2, 0.25) is 0 Å². The average molecular weight is 308 g/mol. The summed E-state index contributed by atoms with van der Waals surface area (Å²) in [4.78, 5) is 18.7. The first kappa shape index (κ1) is 14.3. The minimum absolute atomic E-state index is 0.0503. The van der Waals surface area contributed by atoms with Crippen molar-refractivity contribution in [2.24, 2.45) is 0 Å². The third-order valence-electron chi connectivity index (χ3n) is 3.35. The Morgan fingerprint density at radius 1 is 1.23 bits per heavy atom. The van der Waals surface area contributed by atoms with Gasteiger partial charge in [-0.3, -0.25) is 4.79 Å². The second-order valence-corrected chi connectivity index (χ2v) is 4.74. The van der Waals surface area contributed by atoms with Crippen LogP contribution in [0.3, 0.4) is 0 Å². The molecule has 0 aliphatic heterocycles. The highest BCUT2D eigenvalue weighted by Gasteiger charge is 2.32. The summed E-state index contributed by atoms with van der Waals surface area (Å²) in [5.74, 6) is 0. The minimum Gasteiger partial charge on any atom is -0.343 e. The van der Waals surface area contributed by atoms with Crippen molar-refractivity contribution >= 4 is 11.0 Å². The van der Waals surface area contributed by atoms with Gasteiger partial charge in [0.15, 0.2) is 5.52 Å². The highest BCUT2D eigenvalue weighted by Crippen LogP contribution is 2.32. The standard InChI is InChI=1S/C14H11F3N4O/c15-14(16,17)10-4-2-1-3-9(10)5-6-21-13(22)12-11(7-20-21)18-8-19-12/h1-4,7-8H,5-6H2,(H,18,19). The lowest BCUT2D eigenvalue weighted by Crippen LogP contribution is -2.24. The Morgan fingerprint density at radius 3 is 2.77 bits per heavy atom. The number of aromatic nitrogens is 4. The summed E-state index contributed by atoms with van der Waals surface area (Å²) in [5.41, 5.74) is -0.269. The van der Waals surface area contributed by atoms with E-state index < -0.39 is 17.3 Å². The Kier molecular flexibility index (Phi) is 3.44. The Hall–Kier alpha value is -2.64. The highest BCUT2D eigenvalue weighted by molar-refractivity contribution is 5.71. The molecule has 0 unspecified atom stereocenters. The maximum absolute atomic E-state index is 12.9. The summed E-state index contributed by atoms with van der Waals surface area (Å²) in [6.07, 6.45) is -1.56. The zero-order chi connectivity index (χ0) is 15.7. The summed E-state index contributed by atoms with van der Waals surface area (Å²) in [6.45, 7) is 0.0503. The van der Waals surface area contributed by atoms with Crippen LogP contribution in [0.2, 0.25) is 0 Å². The van der Waals surface area contributed by atoms with E-state index in [1.165, 1.54) is 30.7 Å². The Morgan fingerprint density at radius 2 is 2.00 bits per heavy atom. The van der Waals surface area contributed by atoms with Gasteiger partial charge in [0.05, 0.1) is 23.6 Å². The zero-order valence-electron chi connectivity index (χ0n) is 11.3. The molecule has 0 saturated heterocycles. The average Bonchev–Trinajstić information content (AvgIpc) is 2.95. The van der Waals surface area contributed by atoms with Crippen LogP contribution in [-0.2, 0) is 19.1 Å². The molecule has 0 atom stereocenters. The Balaban J connectivity index is 1.89. The molecule has 22 heavy (non-hydrogen) atoms. The molecule has 0 aliphatic rings. The van der Waals surface area contributed by atoms with E-state index in [2.05, 4.69) is 15.1 Å². The van der Waals surface area contributed by atoms with Crippen molar-refractivity contribution in [3.63, 3.8) is 0 Å². The predicted molar refractivity (Wildman–Crippen MR) is 73.3 cm³/mol. The number of fused-ring (bicyclic) bond motifs is 1. The second-order valence-electron chi connectivity index (χ2n) is 4.74. The Labute approximate surface area is 122 Å². The lowest BCUT2D eigenvalue weighted by atomic mass is 10.0. The monoisotopic (exact) mass is 308 g/mol. The predicted octanol–water partition coefficient (Wildman–Crippen LogP) is 2.38. The van der Waals surface area contributed by atoms with Crippen molar-refractivity contribution in [2.75, 3.05) is 0 Å². The van der Waals surface area contributed by atoms with E-state index in [9.17, 15) is 18.0 Å². The molecule has 8 heteroatoms. The molecule has 0 bridgehead atoms. The number of aromatic amines is 1. The molecule has 3 rings (SSSR count). The van der Waals surface area contributed by atoms with Gasteiger partial charge in [0.25, 0.3) is 5.56 Å². The number of rotatable bonds is 3. The van der Waals surface area contributed by atoms with E-state index in [0.29, 0.717) is 5.52 Å². The van der Waals surface area contributed by atoms with Crippen molar-refractivity contribution in [3.8, 4) is 0 Å². The van der Waals surface area contributed by atoms with Crippen LogP contribution in [0.15, 0.2) is 41.6 Å². The fourth-order valence-corrected chi connectivity index (χ4v) is 2.28. The van der Waals surface area contributed by atoms with Gasteiger partial charge in [-0.15, -0.1) is 0 Å². The van der Waals surface area contributed by atoms with Gasteiger partial charge >= 0.3 is 6.18 Å². The van der Waals surface area contributed by atoms with Gasteiger partial charge in [0, 0.05) is 6.54 Å². The Bertz CT molecular complexity index is 866. The van der Waals surface area contributed by atoms with Gasteiger partial charge in [0.1, 0.15) is 0 Å². The first-order valence-electron chi connectivity index (χ1n) is 6.51. The number of alkyl halides is 3. The number of halogens is 3. The van der Waals surface area contributed by atoms with Crippen molar-refractivity contribution in [2.45, 2.75) is 19.1 Å². The maximum Gasteiger partial charge on any atom is 0.416 e. The SMILES string of the molecule is O=c1c2nc[nH]c2cnn1CCc1ccccc1C(F)(F)F. The van der Waals surface area contributed by atoms with Crippen molar-refractivity contribution < 1.29 is 13.2 Å². The van der Waals surface area contributed by atoms with Crippen molar-refractivity contribution in [3.05, 3.63) is 58.3 Å². The summed E-state index contributed by atoms with van der Waals surface area (Å²) in [7, 11) is 0. The second kappa shape index (κ2) is 5.28. The third-order valence-corrected chi connectivity index (χ3v) is 3.35. The first-order valence-corrected chi connectivity index (χ1v) is 6.51. The fourth-order valence-electron chi connectivity index (χ4n) is 2.28. The number of hydrogen-bond acceptors (Lipinski definition) is 3. The summed E-state index contributed by atoms with van der Waals surface area (Å²) < 4.78 is 39.9. The molecule has 1 N–H and O–H groups in total. The molecule has 0 amide bonds. The van der Waals surface area contributed by atoms with E-state index in [1.54, 1.807) is 0 Å². The normalized spacial score (nSPS) is 12.0. The highest BCUT2D eigenvalue weighted by atomic mass is 19.4. The van der Waals surface area contributed by atoms with Crippen LogP contribution in [0.25, 0.3) is 11.0 Å². The molecule has 0 radical (unpaired) electrons. The van der Waals surface area contributed by atoms with Gasteiger partial charge < -0.3 is 4.98 Å². The quantitative estimate of drug-likeness (QED) is 0.808. The third kappa shape index (κ3) is 2.59. The van der Waals surface area contributed by atoms with Gasteiger partial charge in [-0.05, 0) is 18.1 Å². The molecule has 0 fully saturated rings. The molecule has 2 aromatic heterocycles. The number of imidazole rings is 1. The van der Waals surface area contributed by atoms with Crippen LogP contribution in [0.1, 0.15) is 11.1 Å². The molecule has 5 nitrogen and oxygen atoms in total. The molecule has 114 valence electrons. The lowest BCUT2D eigenvalue weighted by Gasteiger charge is -2.12. The van der Waals surface area contributed by atoms with Gasteiger partial charge in [-0.1, -0.05) is 18.2 Å². The number of hydrogen-bond donors (Lipinski definition) is 1. The first-order chi connectivity index (χ1) is 10.5.